The lowest BCUT2D eigenvalue weighted by Gasteiger charge is -2.22. The van der Waals surface area contributed by atoms with Crippen LogP contribution in [0.3, 0.4) is 0 Å². The van der Waals surface area contributed by atoms with Crippen molar-refractivity contribution in [2.75, 3.05) is 16.9 Å². The highest BCUT2D eigenvalue weighted by molar-refractivity contribution is 7.99. The number of aryl methyl sites for hydroxylation is 2. The van der Waals surface area contributed by atoms with Gasteiger partial charge in [0.05, 0.1) is 10.8 Å². The van der Waals surface area contributed by atoms with Crippen LogP contribution in [0.15, 0.2) is 30.3 Å². The van der Waals surface area contributed by atoms with Gasteiger partial charge in [-0.05, 0) is 49.2 Å². The van der Waals surface area contributed by atoms with Gasteiger partial charge >= 0.3 is 5.97 Å². The predicted octanol–water partition coefficient (Wildman–Crippen LogP) is 3.22. The zero-order chi connectivity index (χ0) is 18.8. The van der Waals surface area contributed by atoms with Gasteiger partial charge in [0.15, 0.2) is 0 Å². The molecule has 6 nitrogen and oxygen atoms in total. The molecule has 1 aromatic carbocycles. The maximum atomic E-state index is 12.7. The second-order valence-corrected chi connectivity index (χ2v) is 8.13. The van der Waals surface area contributed by atoms with Gasteiger partial charge in [-0.2, -0.15) is 0 Å². The summed E-state index contributed by atoms with van der Waals surface area (Å²) < 4.78 is 0. The molecule has 0 radical (unpaired) electrons. The summed E-state index contributed by atoms with van der Waals surface area (Å²) >= 11 is 2.43. The van der Waals surface area contributed by atoms with E-state index in [0.717, 1.165) is 22.5 Å². The number of amides is 2. The van der Waals surface area contributed by atoms with E-state index in [4.69, 9.17) is 5.11 Å². The average Bonchev–Trinajstić information content (AvgIpc) is 3.26. The molecule has 0 bridgehead atoms. The van der Waals surface area contributed by atoms with Crippen molar-refractivity contribution in [2.45, 2.75) is 19.9 Å². The van der Waals surface area contributed by atoms with Crippen LogP contribution < -0.4 is 5.32 Å². The van der Waals surface area contributed by atoms with Crippen LogP contribution in [0.1, 0.15) is 30.5 Å². The first-order valence-electron chi connectivity index (χ1n) is 7.97. The summed E-state index contributed by atoms with van der Waals surface area (Å²) in [5.41, 5.74) is 2.92. The Labute approximate surface area is 159 Å². The number of carbonyl (C=O) groups is 3. The molecule has 2 aromatic rings. The fraction of sp³-hybridized carbons (Fsp3) is 0.278. The number of anilines is 1. The van der Waals surface area contributed by atoms with Crippen molar-refractivity contribution in [3.05, 3.63) is 51.2 Å². The van der Waals surface area contributed by atoms with E-state index < -0.39 is 12.0 Å². The first kappa shape index (κ1) is 18.5. The Hall–Kier alpha value is -2.32. The second kappa shape index (κ2) is 7.51. The number of nitrogens with one attached hydrogen (secondary N) is 1. The van der Waals surface area contributed by atoms with Crippen molar-refractivity contribution in [3.8, 4) is 0 Å². The minimum atomic E-state index is -1.06. The van der Waals surface area contributed by atoms with Gasteiger partial charge < -0.3 is 15.3 Å². The highest BCUT2D eigenvalue weighted by Crippen LogP contribution is 2.27. The number of thiophene rings is 1. The Kier molecular flexibility index (Phi) is 5.33. The summed E-state index contributed by atoms with van der Waals surface area (Å²) in [5, 5.41) is 11.9. The number of nitrogens with zero attached hydrogens (tertiary/aromatic N) is 1. The SMILES string of the molecule is Cc1ccc(NC(=O)C2CSCN2C(=O)c2ccc(C(=O)O)s2)cc1C. The zero-order valence-corrected chi connectivity index (χ0v) is 15.9. The molecule has 1 atom stereocenters. The molecule has 1 fully saturated rings. The summed E-state index contributed by atoms with van der Waals surface area (Å²) in [6.45, 7) is 3.98. The number of aromatic carboxylic acids is 1. The van der Waals surface area contributed by atoms with E-state index >= 15 is 0 Å². The lowest BCUT2D eigenvalue weighted by Crippen LogP contribution is -2.44. The molecule has 0 aliphatic carbocycles. The number of carboxylic acids is 1. The highest BCUT2D eigenvalue weighted by Gasteiger charge is 2.35. The molecule has 26 heavy (non-hydrogen) atoms. The molecule has 3 rings (SSSR count). The van der Waals surface area contributed by atoms with Crippen molar-refractivity contribution in [1.82, 2.24) is 4.90 Å². The van der Waals surface area contributed by atoms with Crippen LogP contribution in [-0.2, 0) is 4.79 Å². The summed E-state index contributed by atoms with van der Waals surface area (Å²) in [7, 11) is 0. The fourth-order valence-corrected chi connectivity index (χ4v) is 4.57. The molecule has 1 aliphatic rings. The number of carbonyl (C=O) groups excluding carboxylic acids is 2. The molecule has 1 saturated heterocycles. The van der Waals surface area contributed by atoms with Crippen molar-refractivity contribution < 1.29 is 19.5 Å². The molecule has 1 aromatic heterocycles. The van der Waals surface area contributed by atoms with Crippen molar-refractivity contribution in [1.29, 1.82) is 0 Å². The van der Waals surface area contributed by atoms with Gasteiger partial charge in [-0.15, -0.1) is 23.1 Å². The average molecular weight is 390 g/mol. The molecule has 1 unspecified atom stereocenters. The third-order valence-electron chi connectivity index (χ3n) is 4.25. The minimum absolute atomic E-state index is 0.108. The van der Waals surface area contributed by atoms with E-state index in [1.807, 2.05) is 32.0 Å². The Bertz CT molecular complexity index is 878. The number of rotatable bonds is 4. The predicted molar refractivity (Wildman–Crippen MR) is 103 cm³/mol. The Balaban J connectivity index is 1.74. The molecule has 0 spiro atoms. The van der Waals surface area contributed by atoms with Crippen LogP contribution in [0, 0.1) is 13.8 Å². The first-order valence-corrected chi connectivity index (χ1v) is 9.94. The van der Waals surface area contributed by atoms with Crippen molar-refractivity contribution in [2.24, 2.45) is 0 Å². The molecular weight excluding hydrogens is 372 g/mol. The van der Waals surface area contributed by atoms with Gasteiger partial charge in [-0.25, -0.2) is 4.79 Å². The summed E-state index contributed by atoms with van der Waals surface area (Å²) in [4.78, 5) is 38.3. The van der Waals surface area contributed by atoms with Crippen LogP contribution >= 0.6 is 23.1 Å². The van der Waals surface area contributed by atoms with E-state index in [1.165, 1.54) is 28.8 Å². The van der Waals surface area contributed by atoms with Crippen LogP contribution in [-0.4, -0.2) is 45.5 Å². The number of hydrogen-bond donors (Lipinski definition) is 2. The maximum absolute atomic E-state index is 12.7. The van der Waals surface area contributed by atoms with Crippen LogP contribution in [0.2, 0.25) is 0 Å². The van der Waals surface area contributed by atoms with Gasteiger partial charge in [0.2, 0.25) is 5.91 Å². The van der Waals surface area contributed by atoms with Crippen molar-refractivity contribution >= 4 is 46.6 Å². The van der Waals surface area contributed by atoms with Crippen molar-refractivity contribution in [3.63, 3.8) is 0 Å². The number of benzene rings is 1. The molecule has 8 heteroatoms. The molecule has 136 valence electrons. The topological polar surface area (TPSA) is 86.7 Å². The van der Waals surface area contributed by atoms with Gasteiger partial charge in [-0.1, -0.05) is 6.07 Å². The van der Waals surface area contributed by atoms with E-state index in [0.29, 0.717) is 22.2 Å². The fourth-order valence-electron chi connectivity index (χ4n) is 2.61. The summed E-state index contributed by atoms with van der Waals surface area (Å²) in [6, 6.07) is 8.01. The quantitative estimate of drug-likeness (QED) is 0.837. The molecule has 0 saturated carbocycles. The van der Waals surface area contributed by atoms with Gasteiger partial charge in [0, 0.05) is 11.4 Å². The Morgan fingerprint density at radius 1 is 1.12 bits per heavy atom. The van der Waals surface area contributed by atoms with Gasteiger partial charge in [0.25, 0.3) is 5.91 Å². The molecule has 1 aliphatic heterocycles. The van der Waals surface area contributed by atoms with E-state index in [9.17, 15) is 14.4 Å². The number of thioether (sulfide) groups is 1. The molecule has 2 N–H and O–H groups in total. The van der Waals surface area contributed by atoms with E-state index in [2.05, 4.69) is 5.32 Å². The first-order chi connectivity index (χ1) is 12.4. The highest BCUT2D eigenvalue weighted by atomic mass is 32.2. The Morgan fingerprint density at radius 3 is 2.50 bits per heavy atom. The number of carboxylic acid groups (broad SMARTS) is 1. The minimum Gasteiger partial charge on any atom is -0.477 e. The van der Waals surface area contributed by atoms with Crippen LogP contribution in [0.25, 0.3) is 0 Å². The summed E-state index contributed by atoms with van der Waals surface area (Å²) in [6.07, 6.45) is 0. The van der Waals surface area contributed by atoms with Gasteiger partial charge in [-0.3, -0.25) is 9.59 Å². The Morgan fingerprint density at radius 2 is 1.85 bits per heavy atom. The summed E-state index contributed by atoms with van der Waals surface area (Å²) in [5.74, 6) is -0.688. The maximum Gasteiger partial charge on any atom is 0.345 e. The standard InChI is InChI=1S/C18H18N2O4S2/c1-10-3-4-12(7-11(10)2)19-16(21)13-8-25-9-20(13)17(22)14-5-6-15(26-14)18(23)24/h3-7,13H,8-9H2,1-2H3,(H,19,21)(H,23,24). The smallest absolute Gasteiger partial charge is 0.345 e. The number of hydrogen-bond acceptors (Lipinski definition) is 5. The van der Waals surface area contributed by atoms with Crippen LogP contribution in [0.4, 0.5) is 5.69 Å². The molecule has 2 amide bonds. The van der Waals surface area contributed by atoms with E-state index in [-0.39, 0.29) is 16.7 Å². The molecular formula is C18H18N2O4S2. The second-order valence-electron chi connectivity index (χ2n) is 6.05. The molecule has 2 heterocycles. The normalized spacial score (nSPS) is 16.5. The third kappa shape index (κ3) is 3.76. The van der Waals surface area contributed by atoms with E-state index in [1.54, 1.807) is 0 Å². The monoisotopic (exact) mass is 390 g/mol. The largest absolute Gasteiger partial charge is 0.477 e. The lowest BCUT2D eigenvalue weighted by atomic mass is 10.1. The zero-order valence-electron chi connectivity index (χ0n) is 14.3. The lowest BCUT2D eigenvalue weighted by molar-refractivity contribution is -0.119. The van der Waals surface area contributed by atoms with Gasteiger partial charge in [0.1, 0.15) is 10.9 Å². The van der Waals surface area contributed by atoms with Crippen LogP contribution in [0.5, 0.6) is 0 Å². The third-order valence-corrected chi connectivity index (χ3v) is 6.32.